The minimum atomic E-state index is -4.49. The topological polar surface area (TPSA) is 56.1 Å². The number of methoxy groups -OCH3 is 1. The molecular weight excluding hydrogens is 331 g/mol. The van der Waals surface area contributed by atoms with Crippen molar-refractivity contribution < 1.29 is 17.9 Å². The Morgan fingerprint density at radius 1 is 1.58 bits per heavy atom. The van der Waals surface area contributed by atoms with E-state index >= 15 is 0 Å². The Kier molecular flexibility index (Phi) is 5.36. The Bertz CT molecular complexity index is 490. The summed E-state index contributed by atoms with van der Waals surface area (Å²) in [4.78, 5) is 11.7. The number of nitrogens with zero attached hydrogens (tertiary/aromatic N) is 2. The number of hydrogen-bond donors (Lipinski definition) is 1. The molecule has 19 heavy (non-hydrogen) atoms. The average molecular weight is 344 g/mol. The number of rotatable bonds is 5. The van der Waals surface area contributed by atoms with Crippen molar-refractivity contribution >= 4 is 21.6 Å². The molecule has 0 aliphatic rings. The summed E-state index contributed by atoms with van der Waals surface area (Å²) < 4.78 is 42.0. The van der Waals surface area contributed by atoms with Crippen LogP contribution in [0.5, 0.6) is 0 Å². The van der Waals surface area contributed by atoms with Crippen molar-refractivity contribution in [1.82, 2.24) is 9.78 Å². The zero-order chi connectivity index (χ0) is 14.6. The Balaban J connectivity index is 2.89. The molecule has 0 bridgehead atoms. The Morgan fingerprint density at radius 2 is 2.21 bits per heavy atom. The first-order valence-electron chi connectivity index (χ1n) is 5.33. The number of anilines is 1. The van der Waals surface area contributed by atoms with Crippen LogP contribution in [0.3, 0.4) is 0 Å². The van der Waals surface area contributed by atoms with E-state index in [0.29, 0.717) is 16.9 Å². The van der Waals surface area contributed by atoms with Gasteiger partial charge in [-0.3, -0.25) is 4.79 Å². The van der Waals surface area contributed by atoms with Gasteiger partial charge in [-0.15, -0.1) is 0 Å². The van der Waals surface area contributed by atoms with Gasteiger partial charge in [-0.2, -0.15) is 18.3 Å². The fraction of sp³-hybridized carbons (Fsp3) is 0.600. The van der Waals surface area contributed by atoms with Crippen LogP contribution in [0.1, 0.15) is 6.92 Å². The van der Waals surface area contributed by atoms with Gasteiger partial charge in [0.25, 0.3) is 5.56 Å². The third-order valence-corrected chi connectivity index (χ3v) is 3.06. The molecule has 9 heteroatoms. The van der Waals surface area contributed by atoms with E-state index in [1.54, 1.807) is 6.92 Å². The minimum Gasteiger partial charge on any atom is -0.380 e. The molecule has 1 heterocycles. The Hall–Kier alpha value is -1.09. The van der Waals surface area contributed by atoms with Gasteiger partial charge in [-0.05, 0) is 22.9 Å². The summed E-state index contributed by atoms with van der Waals surface area (Å²) in [5, 5.41) is 6.34. The van der Waals surface area contributed by atoms with E-state index < -0.39 is 18.3 Å². The number of alkyl halides is 3. The lowest BCUT2D eigenvalue weighted by Crippen LogP contribution is -2.31. The lowest BCUT2D eigenvalue weighted by Gasteiger charge is -2.14. The molecule has 1 unspecified atom stereocenters. The fourth-order valence-electron chi connectivity index (χ4n) is 1.21. The number of aromatic nitrogens is 2. The second kappa shape index (κ2) is 6.38. The normalized spacial score (nSPS) is 13.4. The van der Waals surface area contributed by atoms with Gasteiger partial charge in [0, 0.05) is 13.7 Å². The molecule has 5 nitrogen and oxygen atoms in total. The molecule has 0 aliphatic carbocycles. The molecule has 1 rings (SSSR count). The van der Waals surface area contributed by atoms with Gasteiger partial charge >= 0.3 is 6.18 Å². The number of hydrogen-bond acceptors (Lipinski definition) is 4. The van der Waals surface area contributed by atoms with Crippen LogP contribution in [0.15, 0.2) is 15.5 Å². The van der Waals surface area contributed by atoms with Crippen molar-refractivity contribution in [1.29, 1.82) is 0 Å². The first-order chi connectivity index (χ1) is 8.74. The summed E-state index contributed by atoms with van der Waals surface area (Å²) in [7, 11) is 1.53. The van der Waals surface area contributed by atoms with Gasteiger partial charge in [0.15, 0.2) is 0 Å². The number of ether oxygens (including phenoxy) is 1. The van der Waals surface area contributed by atoms with Crippen molar-refractivity contribution in [2.24, 2.45) is 0 Å². The van der Waals surface area contributed by atoms with Gasteiger partial charge < -0.3 is 10.1 Å². The van der Waals surface area contributed by atoms with Crippen molar-refractivity contribution in [2.75, 3.05) is 19.0 Å². The Labute approximate surface area is 115 Å². The van der Waals surface area contributed by atoms with Crippen LogP contribution in [-0.2, 0) is 11.3 Å². The maximum atomic E-state index is 12.2. The monoisotopic (exact) mass is 343 g/mol. The van der Waals surface area contributed by atoms with Crippen molar-refractivity contribution in [3.63, 3.8) is 0 Å². The molecule has 0 spiro atoms. The molecule has 0 amide bonds. The highest BCUT2D eigenvalue weighted by Crippen LogP contribution is 2.19. The lowest BCUT2D eigenvalue weighted by molar-refractivity contribution is -0.143. The fourth-order valence-corrected chi connectivity index (χ4v) is 1.66. The number of nitrogens with one attached hydrogen (secondary N) is 1. The predicted octanol–water partition coefficient (Wildman–Crippen LogP) is 2.01. The molecule has 0 aromatic carbocycles. The molecule has 0 radical (unpaired) electrons. The van der Waals surface area contributed by atoms with Gasteiger partial charge in [0.05, 0.1) is 18.0 Å². The van der Waals surface area contributed by atoms with Crippen LogP contribution in [0.25, 0.3) is 0 Å². The maximum Gasteiger partial charge on any atom is 0.408 e. The first-order valence-corrected chi connectivity index (χ1v) is 6.13. The minimum absolute atomic E-state index is 0.00931. The molecule has 0 fully saturated rings. The van der Waals surface area contributed by atoms with Gasteiger partial charge in [-0.1, -0.05) is 0 Å². The largest absolute Gasteiger partial charge is 0.408 e. The number of halogens is 4. The average Bonchev–Trinajstić information content (AvgIpc) is 2.32. The summed E-state index contributed by atoms with van der Waals surface area (Å²) in [6.07, 6.45) is -3.43. The van der Waals surface area contributed by atoms with E-state index in [4.69, 9.17) is 4.74 Å². The highest BCUT2D eigenvalue weighted by atomic mass is 79.9. The molecule has 1 N–H and O–H groups in total. The molecule has 108 valence electrons. The van der Waals surface area contributed by atoms with Gasteiger partial charge in [0.2, 0.25) is 0 Å². The molecule has 0 saturated heterocycles. The van der Waals surface area contributed by atoms with E-state index in [1.807, 2.05) is 0 Å². The second-order valence-electron chi connectivity index (χ2n) is 3.88. The third kappa shape index (κ3) is 4.83. The van der Waals surface area contributed by atoms with Crippen LogP contribution in [0, 0.1) is 0 Å². The second-order valence-corrected chi connectivity index (χ2v) is 4.67. The zero-order valence-corrected chi connectivity index (χ0v) is 11.9. The summed E-state index contributed by atoms with van der Waals surface area (Å²) >= 11 is 2.97. The van der Waals surface area contributed by atoms with E-state index in [9.17, 15) is 18.0 Å². The third-order valence-electron chi connectivity index (χ3n) is 2.30. The summed E-state index contributed by atoms with van der Waals surface area (Å²) in [6.45, 7) is 0.790. The highest BCUT2D eigenvalue weighted by Gasteiger charge is 2.29. The van der Waals surface area contributed by atoms with Crippen LogP contribution in [-0.4, -0.2) is 35.7 Å². The quantitative estimate of drug-likeness (QED) is 0.888. The van der Waals surface area contributed by atoms with E-state index in [-0.39, 0.29) is 10.6 Å². The van der Waals surface area contributed by atoms with Crippen LogP contribution in [0.2, 0.25) is 0 Å². The molecule has 1 atom stereocenters. The van der Waals surface area contributed by atoms with Crippen molar-refractivity contribution in [3.8, 4) is 0 Å². The molecule has 0 aliphatic heterocycles. The van der Waals surface area contributed by atoms with E-state index in [0.717, 1.165) is 0 Å². The first kappa shape index (κ1) is 16.0. The summed E-state index contributed by atoms with van der Waals surface area (Å²) in [6, 6.07) is 0. The standard InChI is InChI=1S/C10H13BrF3N3O2/c1-6(19-2)3-15-7-4-16-17(5-10(12,13)14)9(18)8(7)11/h4,6,15H,3,5H2,1-2H3. The van der Waals surface area contributed by atoms with Crippen LogP contribution < -0.4 is 10.9 Å². The van der Waals surface area contributed by atoms with Crippen LogP contribution in [0.4, 0.5) is 18.9 Å². The predicted molar refractivity (Wildman–Crippen MR) is 67.2 cm³/mol. The Morgan fingerprint density at radius 3 is 2.74 bits per heavy atom. The van der Waals surface area contributed by atoms with E-state index in [2.05, 4.69) is 26.3 Å². The zero-order valence-electron chi connectivity index (χ0n) is 10.3. The highest BCUT2D eigenvalue weighted by molar-refractivity contribution is 9.10. The molecule has 1 aromatic heterocycles. The van der Waals surface area contributed by atoms with Crippen molar-refractivity contribution in [2.45, 2.75) is 25.7 Å². The smallest absolute Gasteiger partial charge is 0.380 e. The lowest BCUT2D eigenvalue weighted by atomic mass is 10.3. The molecule has 0 saturated carbocycles. The van der Waals surface area contributed by atoms with Gasteiger partial charge in [-0.25, -0.2) is 4.68 Å². The van der Waals surface area contributed by atoms with Crippen LogP contribution >= 0.6 is 15.9 Å². The molecular formula is C10H13BrF3N3O2. The maximum absolute atomic E-state index is 12.2. The summed E-state index contributed by atoms with van der Waals surface area (Å²) in [5.41, 5.74) is -0.514. The molecule has 1 aromatic rings. The van der Waals surface area contributed by atoms with Gasteiger partial charge in [0.1, 0.15) is 11.0 Å². The summed E-state index contributed by atoms with van der Waals surface area (Å²) in [5.74, 6) is 0. The SMILES string of the molecule is COC(C)CNc1cnn(CC(F)(F)F)c(=O)c1Br. The van der Waals surface area contributed by atoms with E-state index in [1.165, 1.54) is 13.3 Å². The van der Waals surface area contributed by atoms with Crippen molar-refractivity contribution in [3.05, 3.63) is 21.0 Å².